The van der Waals surface area contributed by atoms with Gasteiger partial charge < -0.3 is 21.3 Å². The molecular weight excluding hydrogens is 280 g/mol. The molecule has 0 unspecified atom stereocenters. The van der Waals surface area contributed by atoms with Gasteiger partial charge in [-0.25, -0.2) is 4.98 Å². The van der Waals surface area contributed by atoms with E-state index in [2.05, 4.69) is 21.8 Å². The lowest BCUT2D eigenvalue weighted by Gasteiger charge is -2.37. The van der Waals surface area contributed by atoms with Crippen LogP contribution in [0.25, 0.3) is 0 Å². The van der Waals surface area contributed by atoms with E-state index in [1.807, 2.05) is 4.90 Å². The van der Waals surface area contributed by atoms with Crippen molar-refractivity contribution in [3.63, 3.8) is 0 Å². The molecule has 1 amide bonds. The molecule has 0 aromatic carbocycles. The molecule has 2 aliphatic heterocycles. The van der Waals surface area contributed by atoms with Crippen LogP contribution in [-0.2, 0) is 4.79 Å². The SMILES string of the molecule is C[C@H]1CCN(c2ncc(N)c(N)n2)C[C@H]1C(=O)N1CCCC1. The average Bonchev–Trinajstić information content (AvgIpc) is 3.04. The lowest BCUT2D eigenvalue weighted by atomic mass is 9.86. The number of amides is 1. The smallest absolute Gasteiger partial charge is 0.227 e. The van der Waals surface area contributed by atoms with Gasteiger partial charge in [0.1, 0.15) is 0 Å². The number of nitrogens with zero attached hydrogens (tertiary/aromatic N) is 4. The number of hydrogen-bond donors (Lipinski definition) is 2. The Balaban J connectivity index is 1.74. The van der Waals surface area contributed by atoms with Crippen molar-refractivity contribution < 1.29 is 4.79 Å². The van der Waals surface area contributed by atoms with Crippen LogP contribution in [0.5, 0.6) is 0 Å². The Hall–Kier alpha value is -2.05. The van der Waals surface area contributed by atoms with Crippen LogP contribution in [-0.4, -0.2) is 47.0 Å². The van der Waals surface area contributed by atoms with Crippen molar-refractivity contribution >= 4 is 23.4 Å². The molecule has 2 fully saturated rings. The van der Waals surface area contributed by atoms with Gasteiger partial charge in [-0.2, -0.15) is 4.98 Å². The second-order valence-electron chi connectivity index (χ2n) is 6.36. The Morgan fingerprint density at radius 2 is 2.00 bits per heavy atom. The average molecular weight is 304 g/mol. The molecule has 1 aromatic rings. The van der Waals surface area contributed by atoms with Crippen molar-refractivity contribution in [2.24, 2.45) is 11.8 Å². The van der Waals surface area contributed by atoms with E-state index in [9.17, 15) is 4.79 Å². The molecule has 2 aliphatic rings. The predicted molar refractivity (Wildman–Crippen MR) is 86.2 cm³/mol. The largest absolute Gasteiger partial charge is 0.394 e. The molecule has 0 bridgehead atoms. The zero-order chi connectivity index (χ0) is 15.7. The van der Waals surface area contributed by atoms with E-state index in [1.54, 1.807) is 0 Å². The van der Waals surface area contributed by atoms with Crippen molar-refractivity contribution in [2.45, 2.75) is 26.2 Å². The number of rotatable bonds is 2. The third kappa shape index (κ3) is 2.80. The van der Waals surface area contributed by atoms with Crippen molar-refractivity contribution in [3.05, 3.63) is 6.20 Å². The highest BCUT2D eigenvalue weighted by Gasteiger charge is 2.35. The molecule has 4 N–H and O–H groups in total. The zero-order valence-electron chi connectivity index (χ0n) is 13.0. The molecule has 0 radical (unpaired) electrons. The van der Waals surface area contributed by atoms with Gasteiger partial charge in [0.25, 0.3) is 0 Å². The van der Waals surface area contributed by atoms with E-state index in [0.717, 1.165) is 38.9 Å². The minimum atomic E-state index is 0.00854. The van der Waals surface area contributed by atoms with Gasteiger partial charge in [-0.05, 0) is 25.2 Å². The summed E-state index contributed by atoms with van der Waals surface area (Å²) in [4.78, 5) is 25.3. The number of piperidine rings is 1. The van der Waals surface area contributed by atoms with Gasteiger partial charge in [0, 0.05) is 26.2 Å². The van der Waals surface area contributed by atoms with Gasteiger partial charge in [-0.3, -0.25) is 4.79 Å². The third-order valence-electron chi connectivity index (χ3n) is 4.81. The number of likely N-dealkylation sites (tertiary alicyclic amines) is 1. The summed E-state index contributed by atoms with van der Waals surface area (Å²) in [7, 11) is 0. The molecule has 7 heteroatoms. The highest BCUT2D eigenvalue weighted by molar-refractivity contribution is 5.80. The van der Waals surface area contributed by atoms with Crippen LogP contribution in [0.2, 0.25) is 0 Å². The fourth-order valence-electron chi connectivity index (χ4n) is 3.29. The molecular formula is C15H24N6O. The Labute approximate surface area is 130 Å². The molecule has 2 saturated heterocycles. The topological polar surface area (TPSA) is 101 Å². The summed E-state index contributed by atoms with van der Waals surface area (Å²) in [5.74, 6) is 1.53. The Morgan fingerprint density at radius 1 is 1.27 bits per heavy atom. The number of aromatic nitrogens is 2. The lowest BCUT2D eigenvalue weighted by Crippen LogP contribution is -2.48. The summed E-state index contributed by atoms with van der Waals surface area (Å²) in [6.45, 7) is 5.45. The maximum atomic E-state index is 12.7. The van der Waals surface area contributed by atoms with Crippen LogP contribution in [0.15, 0.2) is 6.20 Å². The molecule has 22 heavy (non-hydrogen) atoms. The molecule has 3 rings (SSSR count). The number of nitrogens with two attached hydrogens (primary N) is 2. The van der Waals surface area contributed by atoms with E-state index < -0.39 is 0 Å². The van der Waals surface area contributed by atoms with Crippen molar-refractivity contribution in [3.8, 4) is 0 Å². The summed E-state index contributed by atoms with van der Waals surface area (Å²) in [5.41, 5.74) is 11.8. The summed E-state index contributed by atoms with van der Waals surface area (Å²) >= 11 is 0. The fraction of sp³-hybridized carbons (Fsp3) is 0.667. The first-order valence-electron chi connectivity index (χ1n) is 7.98. The van der Waals surface area contributed by atoms with Crippen LogP contribution in [0, 0.1) is 11.8 Å². The van der Waals surface area contributed by atoms with E-state index in [4.69, 9.17) is 11.5 Å². The van der Waals surface area contributed by atoms with Crippen molar-refractivity contribution in [1.29, 1.82) is 0 Å². The Morgan fingerprint density at radius 3 is 2.68 bits per heavy atom. The highest BCUT2D eigenvalue weighted by atomic mass is 16.2. The summed E-state index contributed by atoms with van der Waals surface area (Å²) in [6, 6.07) is 0. The van der Waals surface area contributed by atoms with Crippen LogP contribution in [0.3, 0.4) is 0 Å². The minimum Gasteiger partial charge on any atom is -0.394 e. The van der Waals surface area contributed by atoms with E-state index in [-0.39, 0.29) is 11.8 Å². The fourth-order valence-corrected chi connectivity index (χ4v) is 3.29. The van der Waals surface area contributed by atoms with Gasteiger partial charge in [0.15, 0.2) is 5.82 Å². The highest BCUT2D eigenvalue weighted by Crippen LogP contribution is 2.29. The maximum Gasteiger partial charge on any atom is 0.227 e. The molecule has 120 valence electrons. The van der Waals surface area contributed by atoms with E-state index >= 15 is 0 Å². The van der Waals surface area contributed by atoms with E-state index in [1.165, 1.54) is 6.20 Å². The van der Waals surface area contributed by atoms with Crippen LogP contribution >= 0.6 is 0 Å². The number of anilines is 3. The molecule has 0 aliphatic carbocycles. The van der Waals surface area contributed by atoms with Gasteiger partial charge in [-0.1, -0.05) is 6.92 Å². The number of nitrogen functional groups attached to an aromatic ring is 2. The lowest BCUT2D eigenvalue weighted by molar-refractivity contribution is -0.136. The monoisotopic (exact) mass is 304 g/mol. The Bertz CT molecular complexity index is 557. The predicted octanol–water partition coefficient (Wildman–Crippen LogP) is 0.726. The first kappa shape index (κ1) is 14.9. The Kier molecular flexibility index (Phi) is 4.04. The molecule has 1 aromatic heterocycles. The second-order valence-corrected chi connectivity index (χ2v) is 6.36. The molecule has 3 heterocycles. The van der Waals surface area contributed by atoms with Crippen LogP contribution in [0.1, 0.15) is 26.2 Å². The van der Waals surface area contributed by atoms with Crippen molar-refractivity contribution in [2.75, 3.05) is 42.5 Å². The standard InChI is InChI=1S/C15H24N6O/c1-10-4-7-21(15-18-8-12(16)13(17)19-15)9-11(10)14(22)20-5-2-3-6-20/h8,10-11H,2-7,9,16H2,1H3,(H2,17,18,19)/t10-,11+/m0/s1. The quantitative estimate of drug-likeness (QED) is 0.835. The second kappa shape index (κ2) is 5.98. The summed E-state index contributed by atoms with van der Waals surface area (Å²) in [5, 5.41) is 0. The van der Waals surface area contributed by atoms with Gasteiger partial charge in [0.2, 0.25) is 11.9 Å². The van der Waals surface area contributed by atoms with Crippen LogP contribution < -0.4 is 16.4 Å². The van der Waals surface area contributed by atoms with Gasteiger partial charge >= 0.3 is 0 Å². The number of hydrogen-bond acceptors (Lipinski definition) is 6. The zero-order valence-corrected chi connectivity index (χ0v) is 13.0. The molecule has 0 saturated carbocycles. The summed E-state index contributed by atoms with van der Waals surface area (Å²) in [6.07, 6.45) is 4.73. The van der Waals surface area contributed by atoms with E-state index in [0.29, 0.717) is 29.9 Å². The third-order valence-corrected chi connectivity index (χ3v) is 4.81. The first-order valence-corrected chi connectivity index (χ1v) is 7.98. The normalized spacial score (nSPS) is 25.5. The molecule has 2 atom stereocenters. The maximum absolute atomic E-state index is 12.7. The molecule has 0 spiro atoms. The van der Waals surface area contributed by atoms with Gasteiger partial charge in [-0.15, -0.1) is 0 Å². The number of carbonyl (C=O) groups excluding carboxylic acids is 1. The van der Waals surface area contributed by atoms with Crippen LogP contribution in [0.4, 0.5) is 17.5 Å². The first-order chi connectivity index (χ1) is 10.6. The molecule has 7 nitrogen and oxygen atoms in total. The van der Waals surface area contributed by atoms with Crippen molar-refractivity contribution in [1.82, 2.24) is 14.9 Å². The minimum absolute atomic E-state index is 0.00854. The summed E-state index contributed by atoms with van der Waals surface area (Å²) < 4.78 is 0. The number of carbonyl (C=O) groups is 1. The van der Waals surface area contributed by atoms with Gasteiger partial charge in [0.05, 0.1) is 17.8 Å².